The standard InChI is InChI=1S/C21H23F2N3O4/c1-21(29,20(22)23)17(19(28)26-30)25-18(27)14-9-7-13(8-10-14)5-3-4-6-15-11-16(15)12-24-2/h7-10,15-17,20,24,29-30H,11-12H2,1-2H3,(H,25,27)(H,26,28). The lowest BCUT2D eigenvalue weighted by Gasteiger charge is -2.30. The van der Waals surface area contributed by atoms with Crippen LogP contribution >= 0.6 is 0 Å². The molecule has 0 radical (unpaired) electrons. The van der Waals surface area contributed by atoms with E-state index in [1.807, 2.05) is 12.4 Å². The van der Waals surface area contributed by atoms with Crippen molar-refractivity contribution in [1.29, 1.82) is 0 Å². The lowest BCUT2D eigenvalue weighted by molar-refractivity contribution is -0.149. The second kappa shape index (κ2) is 10.2. The smallest absolute Gasteiger partial charge is 0.269 e. The maximum Gasteiger partial charge on any atom is 0.269 e. The van der Waals surface area contributed by atoms with Gasteiger partial charge in [-0.25, -0.2) is 14.3 Å². The minimum atomic E-state index is -3.34. The Hall–Kier alpha value is -2.98. The fraction of sp³-hybridized carbons (Fsp3) is 0.429. The van der Waals surface area contributed by atoms with E-state index in [1.165, 1.54) is 24.3 Å². The summed E-state index contributed by atoms with van der Waals surface area (Å²) in [6.07, 6.45) is -2.28. The Balaban J connectivity index is 2.02. The highest BCUT2D eigenvalue weighted by atomic mass is 19.3. The van der Waals surface area contributed by atoms with Crippen molar-refractivity contribution in [3.63, 3.8) is 0 Å². The van der Waals surface area contributed by atoms with Gasteiger partial charge in [0.25, 0.3) is 18.2 Å². The third kappa shape index (κ3) is 6.01. The molecule has 1 aromatic rings. The zero-order chi connectivity index (χ0) is 22.3. The fourth-order valence-corrected chi connectivity index (χ4v) is 2.73. The summed E-state index contributed by atoms with van der Waals surface area (Å²) in [5.74, 6) is 10.2. The van der Waals surface area contributed by atoms with E-state index in [0.717, 1.165) is 18.4 Å². The molecule has 7 nitrogen and oxygen atoms in total. The normalized spacial score (nSPS) is 20.0. The molecule has 0 spiro atoms. The third-order valence-electron chi connectivity index (χ3n) is 4.74. The molecule has 1 aliphatic rings. The second-order valence-electron chi connectivity index (χ2n) is 7.17. The van der Waals surface area contributed by atoms with Gasteiger partial charge in [0.15, 0.2) is 5.60 Å². The summed E-state index contributed by atoms with van der Waals surface area (Å²) in [6, 6.07) is 3.79. The number of carbonyl (C=O) groups excluding carboxylic acids is 2. The molecule has 0 heterocycles. The first-order chi connectivity index (χ1) is 14.2. The van der Waals surface area contributed by atoms with Crippen molar-refractivity contribution in [2.24, 2.45) is 11.8 Å². The SMILES string of the molecule is CNCC1CC1C#CC#Cc1ccc(C(=O)NC(C(=O)NO)C(C)(O)C(F)F)cc1. The number of alkyl halides is 2. The molecule has 0 saturated heterocycles. The van der Waals surface area contributed by atoms with E-state index in [1.54, 1.807) is 0 Å². The van der Waals surface area contributed by atoms with Gasteiger partial charge in [0.05, 0.1) is 0 Å². The summed E-state index contributed by atoms with van der Waals surface area (Å²) >= 11 is 0. The maximum absolute atomic E-state index is 13.0. The molecule has 0 aromatic heterocycles. The molecular formula is C21H23F2N3O4. The topological polar surface area (TPSA) is 111 Å². The number of rotatable bonds is 7. The van der Waals surface area contributed by atoms with Gasteiger partial charge in [-0.05, 0) is 69.0 Å². The summed E-state index contributed by atoms with van der Waals surface area (Å²) in [7, 11) is 1.90. The summed E-state index contributed by atoms with van der Waals surface area (Å²) < 4.78 is 26.1. The van der Waals surface area contributed by atoms with Crippen LogP contribution in [0.1, 0.15) is 29.3 Å². The van der Waals surface area contributed by atoms with E-state index < -0.39 is 29.9 Å². The zero-order valence-corrected chi connectivity index (χ0v) is 16.5. The minimum Gasteiger partial charge on any atom is -0.381 e. The summed E-state index contributed by atoms with van der Waals surface area (Å²) in [4.78, 5) is 23.9. The van der Waals surface area contributed by atoms with Crippen LogP contribution in [0.15, 0.2) is 24.3 Å². The highest BCUT2D eigenvalue weighted by molar-refractivity contribution is 5.97. The van der Waals surface area contributed by atoms with Gasteiger partial charge in [-0.3, -0.25) is 14.8 Å². The van der Waals surface area contributed by atoms with Gasteiger partial charge in [0.2, 0.25) is 0 Å². The van der Waals surface area contributed by atoms with Crippen LogP contribution in [-0.2, 0) is 4.79 Å². The highest BCUT2D eigenvalue weighted by Gasteiger charge is 2.46. The lowest BCUT2D eigenvalue weighted by Crippen LogP contribution is -2.61. The molecule has 2 rings (SSSR count). The molecule has 1 aromatic carbocycles. The molecule has 9 heteroatoms. The van der Waals surface area contributed by atoms with Crippen LogP contribution in [0.25, 0.3) is 0 Å². The molecule has 0 aliphatic heterocycles. The Bertz CT molecular complexity index is 895. The van der Waals surface area contributed by atoms with Crippen molar-refractivity contribution in [3.05, 3.63) is 35.4 Å². The molecule has 2 amide bonds. The molecule has 4 atom stereocenters. The quantitative estimate of drug-likeness (QED) is 0.251. The highest BCUT2D eigenvalue weighted by Crippen LogP contribution is 2.36. The third-order valence-corrected chi connectivity index (χ3v) is 4.74. The monoisotopic (exact) mass is 419 g/mol. The first kappa shape index (κ1) is 23.3. The van der Waals surface area contributed by atoms with Gasteiger partial charge >= 0.3 is 0 Å². The van der Waals surface area contributed by atoms with Crippen LogP contribution in [0.2, 0.25) is 0 Å². The fourth-order valence-electron chi connectivity index (χ4n) is 2.73. The van der Waals surface area contributed by atoms with Crippen molar-refractivity contribution in [1.82, 2.24) is 16.1 Å². The minimum absolute atomic E-state index is 0.0559. The number of nitrogens with one attached hydrogen (secondary N) is 3. The van der Waals surface area contributed by atoms with Gasteiger partial charge in [0.1, 0.15) is 6.04 Å². The van der Waals surface area contributed by atoms with E-state index in [2.05, 4.69) is 29.0 Å². The summed E-state index contributed by atoms with van der Waals surface area (Å²) in [5.41, 5.74) is -1.08. The van der Waals surface area contributed by atoms with Crippen LogP contribution in [0.5, 0.6) is 0 Å². The number of hydrogen-bond acceptors (Lipinski definition) is 5. The Morgan fingerprint density at radius 3 is 2.50 bits per heavy atom. The first-order valence-electron chi connectivity index (χ1n) is 9.22. The second-order valence-corrected chi connectivity index (χ2v) is 7.17. The molecule has 1 aliphatic carbocycles. The number of halogens is 2. The van der Waals surface area contributed by atoms with E-state index in [0.29, 0.717) is 24.3 Å². The van der Waals surface area contributed by atoms with Crippen molar-refractivity contribution < 1.29 is 28.7 Å². The number of hydroxylamine groups is 1. The van der Waals surface area contributed by atoms with Crippen LogP contribution in [0.4, 0.5) is 8.78 Å². The van der Waals surface area contributed by atoms with E-state index >= 15 is 0 Å². The average molecular weight is 419 g/mol. The van der Waals surface area contributed by atoms with Crippen molar-refractivity contribution in [2.45, 2.75) is 31.4 Å². The van der Waals surface area contributed by atoms with Gasteiger partial charge < -0.3 is 15.7 Å². The molecule has 30 heavy (non-hydrogen) atoms. The predicted octanol–water partition coefficient (Wildman–Crippen LogP) is 0.517. The van der Waals surface area contributed by atoms with Crippen LogP contribution in [0.3, 0.4) is 0 Å². The lowest BCUT2D eigenvalue weighted by atomic mass is 9.95. The Morgan fingerprint density at radius 2 is 1.93 bits per heavy atom. The summed E-state index contributed by atoms with van der Waals surface area (Å²) in [5, 5.41) is 23.7. The van der Waals surface area contributed by atoms with Crippen molar-refractivity contribution in [3.8, 4) is 23.7 Å². The molecular weight excluding hydrogens is 396 g/mol. The van der Waals surface area contributed by atoms with Crippen LogP contribution in [0, 0.1) is 35.5 Å². The largest absolute Gasteiger partial charge is 0.381 e. The van der Waals surface area contributed by atoms with Gasteiger partial charge in [-0.2, -0.15) is 0 Å². The maximum atomic E-state index is 13.0. The number of benzene rings is 1. The molecule has 0 bridgehead atoms. The average Bonchev–Trinajstić information content (AvgIpc) is 3.47. The van der Waals surface area contributed by atoms with E-state index in [9.17, 15) is 23.5 Å². The van der Waals surface area contributed by atoms with Crippen molar-refractivity contribution >= 4 is 11.8 Å². The Kier molecular flexibility index (Phi) is 7.90. The molecule has 1 fully saturated rings. The van der Waals surface area contributed by atoms with Crippen LogP contribution < -0.4 is 16.1 Å². The van der Waals surface area contributed by atoms with Crippen LogP contribution in [-0.4, -0.2) is 53.8 Å². The molecule has 160 valence electrons. The van der Waals surface area contributed by atoms with Gasteiger partial charge in [-0.1, -0.05) is 11.8 Å². The van der Waals surface area contributed by atoms with E-state index in [4.69, 9.17) is 5.21 Å². The first-order valence-corrected chi connectivity index (χ1v) is 9.22. The molecule has 1 saturated carbocycles. The number of carbonyl (C=O) groups is 2. The molecule has 4 unspecified atom stereocenters. The number of amides is 2. The number of hydrogen-bond donors (Lipinski definition) is 5. The van der Waals surface area contributed by atoms with Gasteiger partial charge in [-0.15, -0.1) is 0 Å². The van der Waals surface area contributed by atoms with Crippen molar-refractivity contribution in [2.75, 3.05) is 13.6 Å². The molecule has 5 N–H and O–H groups in total. The zero-order valence-electron chi connectivity index (χ0n) is 16.5. The predicted molar refractivity (Wildman–Crippen MR) is 104 cm³/mol. The summed E-state index contributed by atoms with van der Waals surface area (Å²) in [6.45, 7) is 1.62. The number of aliphatic hydroxyl groups is 1. The van der Waals surface area contributed by atoms with Gasteiger partial charge in [0, 0.05) is 17.0 Å². The van der Waals surface area contributed by atoms with E-state index in [-0.39, 0.29) is 5.56 Å². The Labute approximate surface area is 173 Å². The Morgan fingerprint density at radius 1 is 1.27 bits per heavy atom.